The van der Waals surface area contributed by atoms with Crippen LogP contribution in [0.2, 0.25) is 0 Å². The summed E-state index contributed by atoms with van der Waals surface area (Å²) in [6.07, 6.45) is -0.486. The topological polar surface area (TPSA) is 41.6 Å². The first-order valence-corrected chi connectivity index (χ1v) is 7.35. The molecule has 1 aromatic rings. The van der Waals surface area contributed by atoms with Gasteiger partial charge in [-0.25, -0.2) is 13.6 Å². The summed E-state index contributed by atoms with van der Waals surface area (Å²) < 4.78 is 32.0. The van der Waals surface area contributed by atoms with Gasteiger partial charge in [-0.3, -0.25) is 4.90 Å². The number of halogens is 2. The molecule has 4 nitrogen and oxygen atoms in total. The van der Waals surface area contributed by atoms with E-state index < -0.39 is 23.3 Å². The van der Waals surface area contributed by atoms with E-state index in [1.54, 1.807) is 26.8 Å². The van der Waals surface area contributed by atoms with Crippen LogP contribution < -0.4 is 5.32 Å². The Balaban J connectivity index is 2.46. The Labute approximate surface area is 130 Å². The van der Waals surface area contributed by atoms with Gasteiger partial charge in [-0.15, -0.1) is 0 Å². The van der Waals surface area contributed by atoms with Gasteiger partial charge in [0.15, 0.2) is 11.6 Å². The Hall–Kier alpha value is -1.69. The number of nitrogens with zero attached hydrogens (tertiary/aromatic N) is 1. The van der Waals surface area contributed by atoms with Crippen LogP contribution in [0.25, 0.3) is 0 Å². The SMILES string of the molecule is CCN(CCNC(=O)OC(C)(C)C)Cc1cccc(F)c1F. The Morgan fingerprint density at radius 3 is 2.59 bits per heavy atom. The predicted octanol–water partition coefficient (Wildman–Crippen LogP) is 3.31. The molecular formula is C16H24F2N2O2. The third kappa shape index (κ3) is 6.39. The van der Waals surface area contributed by atoms with Crippen LogP contribution in [0.4, 0.5) is 13.6 Å². The van der Waals surface area contributed by atoms with Crippen LogP contribution in [-0.2, 0) is 11.3 Å². The molecule has 0 heterocycles. The molecule has 0 aromatic heterocycles. The average Bonchev–Trinajstić information content (AvgIpc) is 2.40. The first-order valence-electron chi connectivity index (χ1n) is 7.35. The number of amides is 1. The molecule has 0 atom stereocenters. The standard InChI is InChI=1S/C16H24F2N2O2/c1-5-20(10-9-19-15(21)22-16(2,3)4)11-12-7-6-8-13(17)14(12)18/h6-8H,5,9-11H2,1-4H3,(H,19,21). The highest BCUT2D eigenvalue weighted by molar-refractivity contribution is 5.67. The van der Waals surface area contributed by atoms with Crippen molar-refractivity contribution < 1.29 is 18.3 Å². The fourth-order valence-corrected chi connectivity index (χ4v) is 1.89. The molecule has 1 amide bonds. The second-order valence-electron chi connectivity index (χ2n) is 6.01. The van der Waals surface area contributed by atoms with Crippen molar-refractivity contribution >= 4 is 6.09 Å². The van der Waals surface area contributed by atoms with Crippen molar-refractivity contribution in [3.05, 3.63) is 35.4 Å². The van der Waals surface area contributed by atoms with Crippen LogP contribution in [-0.4, -0.2) is 36.2 Å². The summed E-state index contributed by atoms with van der Waals surface area (Å²) in [7, 11) is 0. The zero-order valence-corrected chi connectivity index (χ0v) is 13.6. The first kappa shape index (κ1) is 18.4. The molecule has 0 saturated carbocycles. The van der Waals surface area contributed by atoms with E-state index in [1.807, 2.05) is 11.8 Å². The molecule has 0 aliphatic rings. The van der Waals surface area contributed by atoms with Crippen molar-refractivity contribution in [3.63, 3.8) is 0 Å². The fraction of sp³-hybridized carbons (Fsp3) is 0.562. The van der Waals surface area contributed by atoms with E-state index in [0.29, 0.717) is 25.2 Å². The Morgan fingerprint density at radius 2 is 2.00 bits per heavy atom. The summed E-state index contributed by atoms with van der Waals surface area (Å²) in [5, 5.41) is 2.65. The van der Waals surface area contributed by atoms with E-state index in [0.717, 1.165) is 6.07 Å². The molecule has 0 aliphatic carbocycles. The van der Waals surface area contributed by atoms with Crippen molar-refractivity contribution in [2.24, 2.45) is 0 Å². The van der Waals surface area contributed by atoms with E-state index in [2.05, 4.69) is 5.32 Å². The number of likely N-dealkylation sites (N-methyl/N-ethyl adjacent to an activating group) is 1. The van der Waals surface area contributed by atoms with Crippen LogP contribution in [0, 0.1) is 11.6 Å². The van der Waals surface area contributed by atoms with E-state index in [9.17, 15) is 13.6 Å². The van der Waals surface area contributed by atoms with Crippen LogP contribution in [0.3, 0.4) is 0 Å². The summed E-state index contributed by atoms with van der Waals surface area (Å²) in [4.78, 5) is 13.4. The molecule has 0 unspecified atom stereocenters. The Bertz CT molecular complexity index is 501. The summed E-state index contributed by atoms with van der Waals surface area (Å²) in [5.74, 6) is -1.67. The highest BCUT2D eigenvalue weighted by Crippen LogP contribution is 2.13. The number of nitrogens with one attached hydrogen (secondary N) is 1. The minimum Gasteiger partial charge on any atom is -0.444 e. The summed E-state index contributed by atoms with van der Waals surface area (Å²) in [6, 6.07) is 4.14. The van der Waals surface area contributed by atoms with E-state index >= 15 is 0 Å². The van der Waals surface area contributed by atoms with Crippen molar-refractivity contribution in [2.45, 2.75) is 39.8 Å². The van der Waals surface area contributed by atoms with Gasteiger partial charge >= 0.3 is 6.09 Å². The minimum absolute atomic E-state index is 0.288. The molecule has 1 N–H and O–H groups in total. The van der Waals surface area contributed by atoms with E-state index in [4.69, 9.17) is 4.74 Å². The molecule has 0 saturated heterocycles. The molecule has 0 bridgehead atoms. The number of ether oxygens (including phenoxy) is 1. The lowest BCUT2D eigenvalue weighted by Crippen LogP contribution is -2.37. The molecule has 6 heteroatoms. The largest absolute Gasteiger partial charge is 0.444 e. The van der Waals surface area contributed by atoms with Crippen molar-refractivity contribution in [1.82, 2.24) is 10.2 Å². The average molecular weight is 314 g/mol. The second-order valence-corrected chi connectivity index (χ2v) is 6.01. The zero-order chi connectivity index (χ0) is 16.8. The summed E-state index contributed by atoms with van der Waals surface area (Å²) in [6.45, 7) is 9.13. The number of rotatable bonds is 6. The third-order valence-electron chi connectivity index (χ3n) is 2.97. The Morgan fingerprint density at radius 1 is 1.32 bits per heavy atom. The van der Waals surface area contributed by atoms with Gasteiger partial charge in [0.2, 0.25) is 0 Å². The molecule has 0 radical (unpaired) electrons. The van der Waals surface area contributed by atoms with Gasteiger partial charge in [0.05, 0.1) is 0 Å². The molecular weight excluding hydrogens is 290 g/mol. The number of carbonyl (C=O) groups is 1. The number of carbonyl (C=O) groups excluding carboxylic acids is 1. The number of benzene rings is 1. The van der Waals surface area contributed by atoms with Gasteiger partial charge in [-0.1, -0.05) is 19.1 Å². The summed E-state index contributed by atoms with van der Waals surface area (Å²) >= 11 is 0. The monoisotopic (exact) mass is 314 g/mol. The Kier molecular flexibility index (Phi) is 6.74. The maximum Gasteiger partial charge on any atom is 0.407 e. The molecule has 0 spiro atoms. The van der Waals surface area contributed by atoms with Crippen molar-refractivity contribution in [2.75, 3.05) is 19.6 Å². The normalized spacial score (nSPS) is 11.6. The van der Waals surface area contributed by atoms with Gasteiger partial charge < -0.3 is 10.1 Å². The van der Waals surface area contributed by atoms with Crippen LogP contribution >= 0.6 is 0 Å². The third-order valence-corrected chi connectivity index (χ3v) is 2.97. The number of hydrogen-bond acceptors (Lipinski definition) is 3. The molecule has 0 aliphatic heterocycles. The van der Waals surface area contributed by atoms with E-state index in [1.165, 1.54) is 6.07 Å². The molecule has 124 valence electrons. The fourth-order valence-electron chi connectivity index (χ4n) is 1.89. The predicted molar refractivity (Wildman–Crippen MR) is 81.5 cm³/mol. The molecule has 1 rings (SSSR count). The number of alkyl carbamates (subject to hydrolysis) is 1. The van der Waals surface area contributed by atoms with Crippen LogP contribution in [0.5, 0.6) is 0 Å². The first-order chi connectivity index (χ1) is 10.2. The van der Waals surface area contributed by atoms with Crippen LogP contribution in [0.1, 0.15) is 33.3 Å². The van der Waals surface area contributed by atoms with Gasteiger partial charge in [-0.2, -0.15) is 0 Å². The maximum atomic E-state index is 13.6. The molecule has 22 heavy (non-hydrogen) atoms. The van der Waals surface area contributed by atoms with Gasteiger partial charge in [-0.05, 0) is 33.4 Å². The van der Waals surface area contributed by atoms with Crippen molar-refractivity contribution in [3.8, 4) is 0 Å². The quantitative estimate of drug-likeness (QED) is 0.876. The van der Waals surface area contributed by atoms with E-state index in [-0.39, 0.29) is 6.54 Å². The summed E-state index contributed by atoms with van der Waals surface area (Å²) in [5.41, 5.74) is -0.238. The maximum absolute atomic E-state index is 13.6. The molecule has 0 fully saturated rings. The zero-order valence-electron chi connectivity index (χ0n) is 13.6. The number of hydrogen-bond donors (Lipinski definition) is 1. The smallest absolute Gasteiger partial charge is 0.407 e. The highest BCUT2D eigenvalue weighted by atomic mass is 19.2. The van der Waals surface area contributed by atoms with Crippen molar-refractivity contribution in [1.29, 1.82) is 0 Å². The lowest BCUT2D eigenvalue weighted by molar-refractivity contribution is 0.0522. The lowest BCUT2D eigenvalue weighted by Gasteiger charge is -2.23. The van der Waals surface area contributed by atoms with Gasteiger partial charge in [0, 0.05) is 25.2 Å². The van der Waals surface area contributed by atoms with Gasteiger partial charge in [0.1, 0.15) is 5.60 Å². The minimum atomic E-state index is -0.847. The van der Waals surface area contributed by atoms with Crippen LogP contribution in [0.15, 0.2) is 18.2 Å². The van der Waals surface area contributed by atoms with Gasteiger partial charge in [0.25, 0.3) is 0 Å². The lowest BCUT2D eigenvalue weighted by atomic mass is 10.2. The highest BCUT2D eigenvalue weighted by Gasteiger charge is 2.16. The second kappa shape index (κ2) is 8.08. The molecule has 1 aromatic carbocycles.